The van der Waals surface area contributed by atoms with Crippen LogP contribution in [0.5, 0.6) is 0 Å². The van der Waals surface area contributed by atoms with Gasteiger partial charge in [-0.25, -0.2) is 4.39 Å². The number of hydrogen-bond acceptors (Lipinski definition) is 2. The van der Waals surface area contributed by atoms with Gasteiger partial charge < -0.3 is 10.2 Å². The first-order valence-corrected chi connectivity index (χ1v) is 8.30. The van der Waals surface area contributed by atoms with Crippen LogP contribution in [0.15, 0.2) is 24.3 Å². The highest BCUT2D eigenvalue weighted by Gasteiger charge is 2.34. The molecular formula is C18H23FN2O2. The molecule has 3 rings (SSSR count). The Morgan fingerprint density at radius 2 is 2.22 bits per heavy atom. The van der Waals surface area contributed by atoms with E-state index >= 15 is 0 Å². The van der Waals surface area contributed by atoms with Crippen LogP contribution >= 0.6 is 0 Å². The highest BCUT2D eigenvalue weighted by molar-refractivity contribution is 5.80. The second-order valence-corrected chi connectivity index (χ2v) is 6.96. The number of likely N-dealkylation sites (tertiary alicyclic amines) is 1. The van der Waals surface area contributed by atoms with Gasteiger partial charge in [0.15, 0.2) is 0 Å². The summed E-state index contributed by atoms with van der Waals surface area (Å²) >= 11 is 0. The predicted molar refractivity (Wildman–Crippen MR) is 85.4 cm³/mol. The van der Waals surface area contributed by atoms with Crippen LogP contribution in [-0.4, -0.2) is 35.3 Å². The zero-order valence-corrected chi connectivity index (χ0v) is 13.5. The van der Waals surface area contributed by atoms with E-state index in [4.69, 9.17) is 0 Å². The zero-order valence-electron chi connectivity index (χ0n) is 13.5. The fourth-order valence-electron chi connectivity index (χ4n) is 3.63. The van der Waals surface area contributed by atoms with Gasteiger partial charge in [0.2, 0.25) is 11.8 Å². The molecule has 0 bridgehead atoms. The summed E-state index contributed by atoms with van der Waals surface area (Å²) in [6.45, 7) is 3.26. The van der Waals surface area contributed by atoms with Crippen molar-refractivity contribution in [2.45, 2.75) is 50.5 Å². The lowest BCUT2D eigenvalue weighted by molar-refractivity contribution is -0.130. The van der Waals surface area contributed by atoms with E-state index in [0.717, 1.165) is 12.8 Å². The topological polar surface area (TPSA) is 49.4 Å². The molecule has 124 valence electrons. The number of nitrogens with one attached hydrogen (secondary N) is 1. The number of halogens is 1. The molecule has 1 N–H and O–H groups in total. The summed E-state index contributed by atoms with van der Waals surface area (Å²) in [5.74, 6) is 0.0712. The Kier molecular flexibility index (Phi) is 4.37. The summed E-state index contributed by atoms with van der Waals surface area (Å²) in [6, 6.07) is 6.81. The molecule has 0 radical (unpaired) electrons. The summed E-state index contributed by atoms with van der Waals surface area (Å²) in [6.07, 6.45) is 3.24. The van der Waals surface area contributed by atoms with Crippen molar-refractivity contribution >= 4 is 11.8 Å². The predicted octanol–water partition coefficient (Wildman–Crippen LogP) is 2.59. The van der Waals surface area contributed by atoms with Crippen molar-refractivity contribution in [3.05, 3.63) is 35.6 Å². The van der Waals surface area contributed by atoms with Crippen molar-refractivity contribution in [3.8, 4) is 0 Å². The number of carbonyl (C=O) groups excluding carboxylic acids is 2. The van der Waals surface area contributed by atoms with Crippen LogP contribution in [0.25, 0.3) is 0 Å². The first-order chi connectivity index (χ1) is 11.0. The number of benzene rings is 1. The van der Waals surface area contributed by atoms with E-state index in [1.54, 1.807) is 6.07 Å². The smallest absolute Gasteiger partial charge is 0.222 e. The lowest BCUT2D eigenvalue weighted by atomic mass is 9.94. The van der Waals surface area contributed by atoms with E-state index in [1.807, 2.05) is 24.0 Å². The van der Waals surface area contributed by atoms with Gasteiger partial charge in [-0.2, -0.15) is 0 Å². The van der Waals surface area contributed by atoms with Crippen LogP contribution < -0.4 is 5.32 Å². The summed E-state index contributed by atoms with van der Waals surface area (Å²) in [4.78, 5) is 25.6. The second kappa shape index (κ2) is 6.30. The Hall–Kier alpha value is -1.91. The molecule has 5 heteroatoms. The summed E-state index contributed by atoms with van der Waals surface area (Å²) in [7, 11) is 0. The molecule has 2 amide bonds. The molecule has 2 saturated heterocycles. The Morgan fingerprint density at radius 3 is 2.91 bits per heavy atom. The third kappa shape index (κ3) is 3.54. The van der Waals surface area contributed by atoms with E-state index in [9.17, 15) is 14.0 Å². The van der Waals surface area contributed by atoms with Gasteiger partial charge >= 0.3 is 0 Å². The van der Waals surface area contributed by atoms with Gasteiger partial charge in [0.1, 0.15) is 5.82 Å². The van der Waals surface area contributed by atoms with Crippen molar-refractivity contribution in [2.24, 2.45) is 0 Å². The number of nitrogens with zero attached hydrogens (tertiary/aromatic N) is 1. The average Bonchev–Trinajstić information content (AvgIpc) is 3.13. The van der Waals surface area contributed by atoms with Gasteiger partial charge in [0.25, 0.3) is 0 Å². The minimum atomic E-state index is -0.253. The minimum absolute atomic E-state index is 0.0701. The zero-order chi connectivity index (χ0) is 16.4. The summed E-state index contributed by atoms with van der Waals surface area (Å²) in [5, 5.41) is 2.96. The van der Waals surface area contributed by atoms with Crippen molar-refractivity contribution in [2.75, 3.05) is 13.1 Å². The normalized spacial score (nSPS) is 27.3. The molecule has 0 aliphatic carbocycles. The van der Waals surface area contributed by atoms with Crippen LogP contribution in [0.3, 0.4) is 0 Å². The Bertz CT molecular complexity index is 619. The van der Waals surface area contributed by atoms with Gasteiger partial charge in [0.05, 0.1) is 0 Å². The van der Waals surface area contributed by atoms with Crippen LogP contribution in [0.1, 0.15) is 50.5 Å². The molecule has 0 saturated carbocycles. The van der Waals surface area contributed by atoms with Gasteiger partial charge in [-0.3, -0.25) is 9.59 Å². The molecule has 2 fully saturated rings. The molecule has 0 spiro atoms. The third-order valence-electron chi connectivity index (χ3n) is 5.12. The van der Waals surface area contributed by atoms with Gasteiger partial charge in [-0.1, -0.05) is 18.2 Å². The Labute approximate surface area is 136 Å². The van der Waals surface area contributed by atoms with Gasteiger partial charge in [-0.15, -0.1) is 0 Å². The monoisotopic (exact) mass is 318 g/mol. The molecule has 2 heterocycles. The third-order valence-corrected chi connectivity index (χ3v) is 5.12. The molecule has 0 aromatic heterocycles. The molecule has 1 aromatic carbocycles. The Morgan fingerprint density at radius 1 is 1.43 bits per heavy atom. The lowest BCUT2D eigenvalue weighted by Crippen LogP contribution is -2.40. The molecule has 2 aliphatic rings. The standard InChI is InChI=1S/C18H23FN2O2/c1-18(9-6-16(22)20-18)10-7-17(23)21-11-8-13(12-21)14-4-2-3-5-15(14)19/h2-5,13H,6-12H2,1H3,(H,20,22)/t13-,18+/m0/s1. The van der Waals surface area contributed by atoms with Crippen molar-refractivity contribution in [1.29, 1.82) is 0 Å². The quantitative estimate of drug-likeness (QED) is 0.927. The van der Waals surface area contributed by atoms with Crippen molar-refractivity contribution in [3.63, 3.8) is 0 Å². The molecule has 1 aromatic rings. The SMILES string of the molecule is C[C@]1(CCC(=O)N2CC[C@H](c3ccccc3F)C2)CCC(=O)N1. The molecule has 23 heavy (non-hydrogen) atoms. The van der Waals surface area contributed by atoms with Gasteiger partial charge in [0, 0.05) is 37.4 Å². The largest absolute Gasteiger partial charge is 0.351 e. The fourth-order valence-corrected chi connectivity index (χ4v) is 3.63. The van der Waals surface area contributed by atoms with Crippen LogP contribution in [-0.2, 0) is 9.59 Å². The number of carbonyl (C=O) groups is 2. The molecule has 0 unspecified atom stereocenters. The van der Waals surface area contributed by atoms with Crippen molar-refractivity contribution in [1.82, 2.24) is 10.2 Å². The van der Waals surface area contributed by atoms with E-state index in [2.05, 4.69) is 5.32 Å². The minimum Gasteiger partial charge on any atom is -0.351 e. The van der Waals surface area contributed by atoms with Crippen LogP contribution in [0, 0.1) is 5.82 Å². The van der Waals surface area contributed by atoms with Crippen LogP contribution in [0.2, 0.25) is 0 Å². The molecule has 4 nitrogen and oxygen atoms in total. The van der Waals surface area contributed by atoms with E-state index in [-0.39, 0.29) is 29.1 Å². The fraction of sp³-hybridized carbons (Fsp3) is 0.556. The van der Waals surface area contributed by atoms with Gasteiger partial charge in [-0.05, 0) is 37.8 Å². The number of rotatable bonds is 4. The van der Waals surface area contributed by atoms with E-state index in [0.29, 0.717) is 37.9 Å². The summed E-state index contributed by atoms with van der Waals surface area (Å²) < 4.78 is 13.9. The first kappa shape index (κ1) is 16.0. The maximum absolute atomic E-state index is 13.9. The highest BCUT2D eigenvalue weighted by atomic mass is 19.1. The molecular weight excluding hydrogens is 295 g/mol. The van der Waals surface area contributed by atoms with Crippen LogP contribution in [0.4, 0.5) is 4.39 Å². The second-order valence-electron chi connectivity index (χ2n) is 6.96. The number of amides is 2. The molecule has 2 atom stereocenters. The maximum Gasteiger partial charge on any atom is 0.222 e. The Balaban J connectivity index is 1.54. The lowest BCUT2D eigenvalue weighted by Gasteiger charge is -2.25. The maximum atomic E-state index is 13.9. The van der Waals surface area contributed by atoms with E-state index < -0.39 is 0 Å². The summed E-state index contributed by atoms with van der Waals surface area (Å²) in [5.41, 5.74) is 0.454. The van der Waals surface area contributed by atoms with E-state index in [1.165, 1.54) is 6.07 Å². The highest BCUT2D eigenvalue weighted by Crippen LogP contribution is 2.30. The first-order valence-electron chi connectivity index (χ1n) is 8.30. The van der Waals surface area contributed by atoms with Crippen molar-refractivity contribution < 1.29 is 14.0 Å². The number of hydrogen-bond donors (Lipinski definition) is 1. The molecule has 2 aliphatic heterocycles. The average molecular weight is 318 g/mol.